The largest absolute Gasteiger partial charge is 0.493 e. The van der Waals surface area contributed by atoms with E-state index in [0.29, 0.717) is 23.9 Å². The van der Waals surface area contributed by atoms with Gasteiger partial charge in [0.05, 0.1) is 6.61 Å². The molecule has 2 rings (SSSR count). The van der Waals surface area contributed by atoms with Gasteiger partial charge < -0.3 is 15.4 Å². The van der Waals surface area contributed by atoms with E-state index in [2.05, 4.69) is 0 Å². The second kappa shape index (κ2) is 9.45. The van der Waals surface area contributed by atoms with Crippen molar-refractivity contribution in [1.29, 1.82) is 0 Å². The van der Waals surface area contributed by atoms with Gasteiger partial charge in [-0.2, -0.15) is 0 Å². The van der Waals surface area contributed by atoms with Gasteiger partial charge in [-0.3, -0.25) is 9.59 Å². The number of halogens is 1. The molecule has 0 bridgehead atoms. The maximum Gasteiger partial charge on any atom is 0.225 e. The molecule has 27 heavy (non-hydrogen) atoms. The molecule has 1 fully saturated rings. The minimum absolute atomic E-state index is 0.0363. The Morgan fingerprint density at radius 3 is 2.63 bits per heavy atom. The lowest BCUT2D eigenvalue weighted by Crippen LogP contribution is -2.51. The van der Waals surface area contributed by atoms with Gasteiger partial charge in [-0.25, -0.2) is 0 Å². The van der Waals surface area contributed by atoms with Crippen molar-refractivity contribution >= 4 is 23.4 Å². The first kappa shape index (κ1) is 21.5. The van der Waals surface area contributed by atoms with E-state index in [1.165, 1.54) is 0 Å². The van der Waals surface area contributed by atoms with Gasteiger partial charge >= 0.3 is 0 Å². The van der Waals surface area contributed by atoms with Crippen molar-refractivity contribution in [3.05, 3.63) is 28.8 Å². The Kier molecular flexibility index (Phi) is 7.54. The van der Waals surface area contributed by atoms with E-state index in [0.717, 1.165) is 37.8 Å². The molecule has 150 valence electrons. The smallest absolute Gasteiger partial charge is 0.225 e. The topological polar surface area (TPSA) is 72.6 Å². The first-order valence-electron chi connectivity index (χ1n) is 9.76. The van der Waals surface area contributed by atoms with Gasteiger partial charge in [-0.1, -0.05) is 25.4 Å². The number of aryl methyl sites for hydroxylation is 1. The summed E-state index contributed by atoms with van der Waals surface area (Å²) >= 11 is 6.08. The van der Waals surface area contributed by atoms with Gasteiger partial charge in [-0.05, 0) is 56.4 Å². The summed E-state index contributed by atoms with van der Waals surface area (Å²) in [5.41, 5.74) is 6.03. The van der Waals surface area contributed by atoms with Crippen molar-refractivity contribution < 1.29 is 14.3 Å². The van der Waals surface area contributed by atoms with Gasteiger partial charge in [-0.15, -0.1) is 0 Å². The summed E-state index contributed by atoms with van der Waals surface area (Å²) in [7, 11) is 0. The zero-order chi connectivity index (χ0) is 20.0. The highest BCUT2D eigenvalue weighted by molar-refractivity contribution is 6.31. The Morgan fingerprint density at radius 2 is 2.04 bits per heavy atom. The molecular weight excluding hydrogens is 364 g/mol. The van der Waals surface area contributed by atoms with E-state index in [4.69, 9.17) is 22.1 Å². The molecule has 1 saturated heterocycles. The molecule has 1 aromatic rings. The number of ether oxygens (including phenoxy) is 1. The minimum Gasteiger partial charge on any atom is -0.493 e. The van der Waals surface area contributed by atoms with Gasteiger partial charge in [0.25, 0.3) is 0 Å². The first-order chi connectivity index (χ1) is 12.8. The highest BCUT2D eigenvalue weighted by Gasteiger charge is 2.40. The van der Waals surface area contributed by atoms with Crippen LogP contribution in [0.5, 0.6) is 5.75 Å². The molecule has 2 N–H and O–H groups in total. The van der Waals surface area contributed by atoms with Gasteiger partial charge in [0.15, 0.2) is 0 Å². The average molecular weight is 395 g/mol. The number of likely N-dealkylation sites (tertiary alicyclic amines) is 1. The molecule has 1 heterocycles. The summed E-state index contributed by atoms with van der Waals surface area (Å²) in [4.78, 5) is 26.5. The third kappa shape index (κ3) is 5.61. The predicted octanol–water partition coefficient (Wildman–Crippen LogP) is 3.95. The van der Waals surface area contributed by atoms with Crippen molar-refractivity contribution in [2.24, 2.45) is 17.1 Å². The number of amides is 2. The third-order valence-corrected chi connectivity index (χ3v) is 5.96. The Hall–Kier alpha value is -1.75. The number of hydrogen-bond acceptors (Lipinski definition) is 3. The van der Waals surface area contributed by atoms with Crippen molar-refractivity contribution in [3.8, 4) is 5.75 Å². The van der Waals surface area contributed by atoms with Crippen molar-refractivity contribution in [1.82, 2.24) is 4.90 Å². The lowest BCUT2D eigenvalue weighted by Gasteiger charge is -2.43. The fraction of sp³-hybridized carbons (Fsp3) is 0.619. The number of piperidine rings is 1. The van der Waals surface area contributed by atoms with Crippen LogP contribution < -0.4 is 10.5 Å². The maximum atomic E-state index is 12.8. The fourth-order valence-electron chi connectivity index (χ4n) is 3.92. The molecule has 0 spiro atoms. The van der Waals surface area contributed by atoms with Crippen LogP contribution in [0.1, 0.15) is 51.5 Å². The molecule has 1 aliphatic rings. The van der Waals surface area contributed by atoms with Gasteiger partial charge in [0.1, 0.15) is 5.75 Å². The van der Waals surface area contributed by atoms with E-state index in [1.807, 2.05) is 37.8 Å². The van der Waals surface area contributed by atoms with Crippen LogP contribution in [0.2, 0.25) is 5.02 Å². The molecule has 0 saturated carbocycles. The third-order valence-electron chi connectivity index (χ3n) is 5.53. The van der Waals surface area contributed by atoms with Crippen LogP contribution in [0.25, 0.3) is 0 Å². The standard InChI is InChI=1S/C21H31ClN2O3/c1-4-16(5-2)20(26)24-10-6-9-21(13-24,12-19(23)25)14-27-17-7-8-18(22)15(3)11-17/h7-8,11,16H,4-6,9-10,12-14H2,1-3H3,(H2,23,25)/t21-/m0/s1. The number of nitrogens with zero attached hydrogens (tertiary/aromatic N) is 1. The number of hydrogen-bond donors (Lipinski definition) is 1. The lowest BCUT2D eigenvalue weighted by atomic mass is 9.77. The van der Waals surface area contributed by atoms with Crippen LogP contribution in [0.4, 0.5) is 0 Å². The van der Waals surface area contributed by atoms with E-state index in [1.54, 1.807) is 6.07 Å². The molecule has 0 radical (unpaired) electrons. The van der Waals surface area contributed by atoms with Crippen molar-refractivity contribution in [2.75, 3.05) is 19.7 Å². The van der Waals surface area contributed by atoms with Crippen LogP contribution >= 0.6 is 11.6 Å². The molecule has 0 aliphatic carbocycles. The Bertz CT molecular complexity index is 675. The molecular formula is C21H31ClN2O3. The van der Waals surface area contributed by atoms with Crippen molar-refractivity contribution in [3.63, 3.8) is 0 Å². The molecule has 1 atom stereocenters. The van der Waals surface area contributed by atoms with Crippen LogP contribution in [-0.2, 0) is 9.59 Å². The number of rotatable bonds is 8. The normalized spacial score (nSPS) is 20.0. The zero-order valence-electron chi connectivity index (χ0n) is 16.6. The average Bonchev–Trinajstić information content (AvgIpc) is 2.63. The van der Waals surface area contributed by atoms with Crippen LogP contribution in [0.15, 0.2) is 18.2 Å². The summed E-state index contributed by atoms with van der Waals surface area (Å²) in [6, 6.07) is 5.51. The molecule has 0 aromatic heterocycles. The molecule has 5 nitrogen and oxygen atoms in total. The molecule has 1 aromatic carbocycles. The van der Waals surface area contributed by atoms with Crippen molar-refractivity contribution in [2.45, 2.75) is 52.9 Å². The Balaban J connectivity index is 2.15. The number of primary amides is 1. The van der Waals surface area contributed by atoms with Gasteiger partial charge in [0.2, 0.25) is 11.8 Å². The zero-order valence-corrected chi connectivity index (χ0v) is 17.3. The number of nitrogens with two attached hydrogens (primary N) is 1. The maximum absolute atomic E-state index is 12.8. The van der Waals surface area contributed by atoms with E-state index < -0.39 is 5.41 Å². The number of carbonyl (C=O) groups excluding carboxylic acids is 2. The number of benzene rings is 1. The van der Waals surface area contributed by atoms with Crippen LogP contribution in [0.3, 0.4) is 0 Å². The predicted molar refractivity (Wildman–Crippen MR) is 108 cm³/mol. The highest BCUT2D eigenvalue weighted by atomic mass is 35.5. The van der Waals surface area contributed by atoms with E-state index >= 15 is 0 Å². The molecule has 0 unspecified atom stereocenters. The summed E-state index contributed by atoms with van der Waals surface area (Å²) in [6.07, 6.45) is 3.54. The Morgan fingerprint density at radius 1 is 1.33 bits per heavy atom. The van der Waals surface area contributed by atoms with E-state index in [9.17, 15) is 9.59 Å². The second-order valence-electron chi connectivity index (χ2n) is 7.72. The lowest BCUT2D eigenvalue weighted by molar-refractivity contribution is -0.141. The first-order valence-corrected chi connectivity index (χ1v) is 10.1. The SMILES string of the molecule is CCC(CC)C(=O)N1CCC[C@](COc2ccc(Cl)c(C)c2)(CC(N)=O)C1. The highest BCUT2D eigenvalue weighted by Crippen LogP contribution is 2.35. The summed E-state index contributed by atoms with van der Waals surface area (Å²) in [5.74, 6) is 0.567. The monoisotopic (exact) mass is 394 g/mol. The summed E-state index contributed by atoms with van der Waals surface area (Å²) in [5, 5.41) is 0.689. The minimum atomic E-state index is -0.445. The van der Waals surface area contributed by atoms with Gasteiger partial charge in [0, 0.05) is 35.9 Å². The summed E-state index contributed by atoms with van der Waals surface area (Å²) in [6.45, 7) is 7.60. The quantitative estimate of drug-likeness (QED) is 0.725. The second-order valence-corrected chi connectivity index (χ2v) is 8.13. The van der Waals surface area contributed by atoms with E-state index in [-0.39, 0.29) is 24.2 Å². The Labute approximate surface area is 167 Å². The fourth-order valence-corrected chi connectivity index (χ4v) is 4.04. The number of carbonyl (C=O) groups is 2. The summed E-state index contributed by atoms with van der Waals surface area (Å²) < 4.78 is 6.02. The van der Waals surface area contributed by atoms with Crippen LogP contribution in [0, 0.1) is 18.3 Å². The molecule has 6 heteroatoms. The van der Waals surface area contributed by atoms with Crippen LogP contribution in [-0.4, -0.2) is 36.4 Å². The molecule has 1 aliphatic heterocycles. The molecule has 2 amide bonds.